The molecule has 0 saturated heterocycles. The van der Waals surface area contributed by atoms with Crippen LogP contribution in [0, 0.1) is 5.92 Å². The van der Waals surface area contributed by atoms with Gasteiger partial charge in [0.1, 0.15) is 9.75 Å². The van der Waals surface area contributed by atoms with E-state index in [1.54, 1.807) is 13.0 Å². The Balaban J connectivity index is 1.97. The highest BCUT2D eigenvalue weighted by Gasteiger charge is 2.70. The number of carbonyl (C=O) groups is 1. The zero-order chi connectivity index (χ0) is 16.8. The predicted molar refractivity (Wildman–Crippen MR) is 91.1 cm³/mol. The molecule has 1 fully saturated rings. The molecule has 0 aliphatic heterocycles. The number of carboxylic acid groups (broad SMARTS) is 1. The first-order valence-electron chi connectivity index (χ1n) is 6.86. The van der Waals surface area contributed by atoms with Gasteiger partial charge in [-0.2, -0.15) is 4.72 Å². The summed E-state index contributed by atoms with van der Waals surface area (Å²) in [7, 11) is -3.90. The second kappa shape index (κ2) is 5.70. The van der Waals surface area contributed by atoms with Crippen molar-refractivity contribution in [2.75, 3.05) is 0 Å². The van der Waals surface area contributed by atoms with Crippen LogP contribution in [0.4, 0.5) is 0 Å². The number of benzene rings is 1. The van der Waals surface area contributed by atoms with Gasteiger partial charge < -0.3 is 5.11 Å². The van der Waals surface area contributed by atoms with Crippen LogP contribution in [-0.2, 0) is 14.8 Å². The van der Waals surface area contributed by atoms with Crippen molar-refractivity contribution in [2.45, 2.75) is 22.6 Å². The van der Waals surface area contributed by atoms with E-state index in [0.717, 1.165) is 16.9 Å². The fraction of sp³-hybridized carbons (Fsp3) is 0.267. The van der Waals surface area contributed by atoms with Crippen molar-refractivity contribution in [1.29, 1.82) is 0 Å². The molecule has 1 aromatic carbocycles. The summed E-state index contributed by atoms with van der Waals surface area (Å²) in [5.41, 5.74) is -0.686. The van der Waals surface area contributed by atoms with Crippen LogP contribution >= 0.6 is 27.3 Å². The Morgan fingerprint density at radius 3 is 2.43 bits per heavy atom. The number of aliphatic carboxylic acids is 1. The first-order valence-corrected chi connectivity index (χ1v) is 9.96. The molecule has 2 N–H and O–H groups in total. The first-order chi connectivity index (χ1) is 10.8. The van der Waals surface area contributed by atoms with Gasteiger partial charge >= 0.3 is 5.97 Å². The highest BCUT2D eigenvalue weighted by Crippen LogP contribution is 2.58. The van der Waals surface area contributed by atoms with Gasteiger partial charge in [0.05, 0.1) is 3.79 Å². The summed E-state index contributed by atoms with van der Waals surface area (Å²) in [5.74, 6) is -1.88. The number of halogens is 1. The van der Waals surface area contributed by atoms with Gasteiger partial charge in [0.15, 0.2) is 0 Å². The summed E-state index contributed by atoms with van der Waals surface area (Å²) >= 11 is 4.27. The largest absolute Gasteiger partial charge is 0.480 e. The van der Waals surface area contributed by atoms with E-state index < -0.39 is 21.5 Å². The SMILES string of the molecule is C[C@@H]1[C@H](c2ccccc2)[C@]1(NS(=O)(=O)c1ccc(Br)s1)C(=O)O. The molecule has 122 valence electrons. The maximum absolute atomic E-state index is 12.5. The molecule has 0 radical (unpaired) electrons. The lowest BCUT2D eigenvalue weighted by atomic mass is 10.1. The molecule has 1 aromatic heterocycles. The standard InChI is InChI=1S/C15H14BrNO4S2/c1-9-13(10-5-3-2-4-6-10)15(9,14(18)19)17-23(20,21)12-8-7-11(16)22-12/h2-9,13,17H,1H3,(H,18,19)/t9-,13-,15+/m1/s1. The Kier molecular flexibility index (Phi) is 4.12. The number of hydrogen-bond acceptors (Lipinski definition) is 4. The molecule has 5 nitrogen and oxygen atoms in total. The zero-order valence-corrected chi connectivity index (χ0v) is 15.3. The highest BCUT2D eigenvalue weighted by molar-refractivity contribution is 9.11. The van der Waals surface area contributed by atoms with Gasteiger partial charge in [0.25, 0.3) is 10.0 Å². The van der Waals surface area contributed by atoms with Gasteiger partial charge in [0.2, 0.25) is 0 Å². The van der Waals surface area contributed by atoms with Gasteiger partial charge in [-0.15, -0.1) is 11.3 Å². The zero-order valence-electron chi connectivity index (χ0n) is 12.1. The lowest BCUT2D eigenvalue weighted by molar-refractivity contribution is -0.140. The van der Waals surface area contributed by atoms with E-state index in [2.05, 4.69) is 20.7 Å². The van der Waals surface area contributed by atoms with Gasteiger partial charge in [-0.05, 0) is 39.5 Å². The lowest BCUT2D eigenvalue weighted by Gasteiger charge is -2.15. The molecule has 1 aliphatic rings. The summed E-state index contributed by atoms with van der Waals surface area (Å²) in [4.78, 5) is 11.9. The van der Waals surface area contributed by atoms with Crippen LogP contribution in [0.1, 0.15) is 18.4 Å². The third-order valence-electron chi connectivity index (χ3n) is 4.23. The van der Waals surface area contributed by atoms with E-state index >= 15 is 0 Å². The number of sulfonamides is 1. The smallest absolute Gasteiger partial charge is 0.325 e. The molecule has 0 unspecified atom stereocenters. The average molecular weight is 416 g/mol. The molecule has 1 aliphatic carbocycles. The maximum Gasteiger partial charge on any atom is 0.325 e. The fourth-order valence-electron chi connectivity index (χ4n) is 3.02. The highest BCUT2D eigenvalue weighted by atomic mass is 79.9. The predicted octanol–water partition coefficient (Wildman–Crippen LogP) is 3.05. The van der Waals surface area contributed by atoms with Crippen LogP contribution in [0.2, 0.25) is 0 Å². The summed E-state index contributed by atoms with van der Waals surface area (Å²) in [6.45, 7) is 1.75. The Morgan fingerprint density at radius 1 is 1.26 bits per heavy atom. The minimum absolute atomic E-state index is 0.0934. The van der Waals surface area contributed by atoms with E-state index in [-0.39, 0.29) is 16.0 Å². The van der Waals surface area contributed by atoms with Crippen LogP contribution in [0.3, 0.4) is 0 Å². The summed E-state index contributed by atoms with van der Waals surface area (Å²) in [6.07, 6.45) is 0. The van der Waals surface area contributed by atoms with Gasteiger partial charge in [-0.3, -0.25) is 4.79 Å². The quantitative estimate of drug-likeness (QED) is 0.785. The number of thiophene rings is 1. The number of carboxylic acids is 1. The lowest BCUT2D eigenvalue weighted by Crippen LogP contribution is -2.45. The van der Waals surface area contributed by atoms with Gasteiger partial charge in [0, 0.05) is 5.92 Å². The molecular formula is C15H14BrNO4S2. The normalized spacial score (nSPS) is 26.9. The summed E-state index contributed by atoms with van der Waals surface area (Å²) in [5, 5.41) is 9.69. The summed E-state index contributed by atoms with van der Waals surface area (Å²) in [6, 6.07) is 12.2. The second-order valence-corrected chi connectivity index (χ2v) is 9.89. The van der Waals surface area contributed by atoms with E-state index in [1.807, 2.05) is 30.3 Å². The van der Waals surface area contributed by atoms with Crippen LogP contribution in [-0.4, -0.2) is 25.0 Å². The third kappa shape index (κ3) is 2.73. The van der Waals surface area contributed by atoms with Crippen molar-refractivity contribution in [1.82, 2.24) is 4.72 Å². The van der Waals surface area contributed by atoms with Crippen molar-refractivity contribution in [2.24, 2.45) is 5.92 Å². The topological polar surface area (TPSA) is 83.5 Å². The molecule has 0 bridgehead atoms. The Labute approximate surface area is 146 Å². The van der Waals surface area contributed by atoms with Crippen LogP contribution in [0.5, 0.6) is 0 Å². The molecule has 2 aromatic rings. The molecule has 8 heteroatoms. The Bertz CT molecular complexity index is 849. The number of rotatable bonds is 5. The molecule has 3 atom stereocenters. The molecule has 3 rings (SSSR count). The van der Waals surface area contributed by atoms with Crippen molar-refractivity contribution in [3.63, 3.8) is 0 Å². The van der Waals surface area contributed by atoms with Crippen LogP contribution in [0.15, 0.2) is 50.5 Å². The molecule has 1 saturated carbocycles. The minimum atomic E-state index is -3.90. The molecule has 23 heavy (non-hydrogen) atoms. The number of nitrogens with one attached hydrogen (secondary N) is 1. The third-order valence-corrected chi connectivity index (χ3v) is 7.83. The van der Waals surface area contributed by atoms with Gasteiger partial charge in [-0.25, -0.2) is 8.42 Å². The molecule has 1 heterocycles. The Morgan fingerprint density at radius 2 is 1.91 bits per heavy atom. The van der Waals surface area contributed by atoms with E-state index in [9.17, 15) is 18.3 Å². The first kappa shape index (κ1) is 16.6. The maximum atomic E-state index is 12.5. The summed E-state index contributed by atoms with van der Waals surface area (Å²) < 4.78 is 28.3. The van der Waals surface area contributed by atoms with E-state index in [0.29, 0.717) is 3.79 Å². The minimum Gasteiger partial charge on any atom is -0.480 e. The second-order valence-electron chi connectivity index (χ2n) is 5.52. The number of hydrogen-bond donors (Lipinski definition) is 2. The Hall–Kier alpha value is -1.22. The van der Waals surface area contributed by atoms with Crippen LogP contribution < -0.4 is 4.72 Å². The average Bonchev–Trinajstić information content (AvgIpc) is 2.85. The van der Waals surface area contributed by atoms with Crippen molar-refractivity contribution < 1.29 is 18.3 Å². The van der Waals surface area contributed by atoms with Crippen molar-refractivity contribution in [3.05, 3.63) is 51.8 Å². The van der Waals surface area contributed by atoms with Gasteiger partial charge in [-0.1, -0.05) is 37.3 Å². The molecule has 0 spiro atoms. The van der Waals surface area contributed by atoms with E-state index in [4.69, 9.17) is 0 Å². The monoisotopic (exact) mass is 415 g/mol. The fourth-order valence-corrected chi connectivity index (χ4v) is 6.48. The van der Waals surface area contributed by atoms with E-state index in [1.165, 1.54) is 6.07 Å². The van der Waals surface area contributed by atoms with Crippen molar-refractivity contribution in [3.8, 4) is 0 Å². The molecule has 0 amide bonds. The molecular weight excluding hydrogens is 402 g/mol. The van der Waals surface area contributed by atoms with Crippen molar-refractivity contribution >= 4 is 43.3 Å². The van der Waals surface area contributed by atoms with Crippen LogP contribution in [0.25, 0.3) is 0 Å².